The van der Waals surface area contributed by atoms with Gasteiger partial charge in [-0.15, -0.1) is 22.7 Å². The molecule has 1 fully saturated rings. The minimum absolute atomic E-state index is 0.129. The monoisotopic (exact) mass is 411 g/mol. The molecular weight excluding hydrogens is 393 g/mol. The van der Waals surface area contributed by atoms with Gasteiger partial charge < -0.3 is 4.57 Å². The Labute approximate surface area is 169 Å². The molecule has 0 radical (unpaired) electrons. The molecule has 4 nitrogen and oxygen atoms in total. The predicted octanol–water partition coefficient (Wildman–Crippen LogP) is 6.33. The van der Waals surface area contributed by atoms with Crippen molar-refractivity contribution in [1.82, 2.24) is 9.55 Å². The lowest BCUT2D eigenvalue weighted by Crippen LogP contribution is -2.19. The van der Waals surface area contributed by atoms with Crippen molar-refractivity contribution < 1.29 is 9.18 Å². The fraction of sp³-hybridized carbons (Fsp3) is 0.238. The van der Waals surface area contributed by atoms with Crippen LogP contribution in [0.25, 0.3) is 21.5 Å². The zero-order valence-corrected chi connectivity index (χ0v) is 16.7. The summed E-state index contributed by atoms with van der Waals surface area (Å²) in [5, 5.41) is 7.45. The number of thiazole rings is 1. The van der Waals surface area contributed by atoms with E-state index in [0.717, 1.165) is 34.3 Å². The molecule has 0 aliphatic heterocycles. The second kappa shape index (κ2) is 7.14. The van der Waals surface area contributed by atoms with Gasteiger partial charge >= 0.3 is 0 Å². The van der Waals surface area contributed by atoms with Crippen LogP contribution >= 0.6 is 22.7 Å². The molecule has 1 aliphatic carbocycles. The maximum absolute atomic E-state index is 13.1. The van der Waals surface area contributed by atoms with Crippen molar-refractivity contribution in [1.29, 1.82) is 0 Å². The van der Waals surface area contributed by atoms with Gasteiger partial charge in [0, 0.05) is 17.0 Å². The van der Waals surface area contributed by atoms with Crippen LogP contribution in [0.5, 0.6) is 0 Å². The Kier molecular flexibility index (Phi) is 4.49. The number of benzene rings is 1. The number of hydrogen-bond donors (Lipinski definition) is 1. The molecule has 0 bridgehead atoms. The van der Waals surface area contributed by atoms with Crippen molar-refractivity contribution in [3.8, 4) is 11.3 Å². The van der Waals surface area contributed by atoms with Crippen molar-refractivity contribution in [2.24, 2.45) is 0 Å². The topological polar surface area (TPSA) is 46.9 Å². The van der Waals surface area contributed by atoms with E-state index in [4.69, 9.17) is 0 Å². The van der Waals surface area contributed by atoms with Crippen molar-refractivity contribution in [3.05, 3.63) is 58.7 Å². The van der Waals surface area contributed by atoms with Gasteiger partial charge in [-0.25, -0.2) is 9.37 Å². The van der Waals surface area contributed by atoms with Crippen LogP contribution in [0, 0.1) is 5.82 Å². The minimum Gasteiger partial charge on any atom is -0.333 e. The number of fused-ring (bicyclic) bond motifs is 1. The second-order valence-electron chi connectivity index (χ2n) is 7.01. The van der Waals surface area contributed by atoms with E-state index in [1.165, 1.54) is 36.3 Å². The highest BCUT2D eigenvalue weighted by atomic mass is 32.1. The van der Waals surface area contributed by atoms with Gasteiger partial charge in [0.1, 0.15) is 11.5 Å². The van der Waals surface area contributed by atoms with Crippen molar-refractivity contribution in [2.75, 3.05) is 5.32 Å². The lowest BCUT2D eigenvalue weighted by molar-refractivity contribution is 0.101. The number of rotatable bonds is 4. The molecule has 3 aromatic heterocycles. The molecule has 3 heterocycles. The third-order valence-electron chi connectivity index (χ3n) is 5.25. The molecular formula is C21H18FN3OS2. The number of nitrogens with one attached hydrogen (secondary N) is 1. The first-order chi connectivity index (χ1) is 13.7. The van der Waals surface area contributed by atoms with E-state index < -0.39 is 0 Å². The standard InChI is InChI=1S/C21H18FN3OS2/c22-14-7-5-13(6-8-14)16-12-28-21(23-16)24-20(26)18-11-19-17(9-10-27-19)25(18)15-3-1-2-4-15/h5-12,15H,1-4H2,(H,23,24,26). The van der Waals surface area contributed by atoms with Crippen LogP contribution in [0.2, 0.25) is 0 Å². The van der Waals surface area contributed by atoms with Crippen LogP contribution < -0.4 is 5.32 Å². The number of aromatic nitrogens is 2. The second-order valence-corrected chi connectivity index (χ2v) is 8.81. The zero-order valence-electron chi connectivity index (χ0n) is 15.0. The largest absolute Gasteiger partial charge is 0.333 e. The number of anilines is 1. The van der Waals surface area contributed by atoms with Crippen molar-refractivity contribution in [2.45, 2.75) is 31.7 Å². The molecule has 0 spiro atoms. The molecule has 1 saturated carbocycles. The predicted molar refractivity (Wildman–Crippen MR) is 113 cm³/mol. The van der Waals surface area contributed by atoms with Crippen LogP contribution in [0.4, 0.5) is 9.52 Å². The highest BCUT2D eigenvalue weighted by Gasteiger charge is 2.25. The van der Waals surface area contributed by atoms with Gasteiger partial charge in [0.05, 0.1) is 15.9 Å². The van der Waals surface area contributed by atoms with Crippen LogP contribution in [-0.4, -0.2) is 15.5 Å². The van der Waals surface area contributed by atoms with E-state index in [2.05, 4.69) is 26.3 Å². The molecule has 0 atom stereocenters. The minimum atomic E-state index is -0.278. The third-order valence-corrected chi connectivity index (χ3v) is 6.86. The molecule has 1 amide bonds. The molecule has 5 rings (SSSR count). The van der Waals surface area contributed by atoms with Crippen LogP contribution in [0.15, 0.2) is 47.2 Å². The summed E-state index contributed by atoms with van der Waals surface area (Å²) in [6.07, 6.45) is 4.66. The lowest BCUT2D eigenvalue weighted by atomic mass is 10.2. The number of carbonyl (C=O) groups is 1. The van der Waals surface area contributed by atoms with Crippen LogP contribution in [0.1, 0.15) is 42.2 Å². The summed E-state index contributed by atoms with van der Waals surface area (Å²) in [4.78, 5) is 17.5. The van der Waals surface area contributed by atoms with Crippen LogP contribution in [0.3, 0.4) is 0 Å². The Morgan fingerprint density at radius 2 is 1.93 bits per heavy atom. The van der Waals surface area contributed by atoms with Gasteiger partial charge in [-0.2, -0.15) is 0 Å². The first-order valence-electron chi connectivity index (χ1n) is 9.30. The van der Waals surface area contributed by atoms with E-state index >= 15 is 0 Å². The Bertz CT molecular complexity index is 1140. The quantitative estimate of drug-likeness (QED) is 0.426. The van der Waals surface area contributed by atoms with Crippen molar-refractivity contribution in [3.63, 3.8) is 0 Å². The van der Waals surface area contributed by atoms with Crippen molar-refractivity contribution >= 4 is 43.9 Å². The number of carbonyl (C=O) groups excluding carboxylic acids is 1. The lowest BCUT2D eigenvalue weighted by Gasteiger charge is -2.16. The summed E-state index contributed by atoms with van der Waals surface area (Å²) in [6.45, 7) is 0. The number of thiophene rings is 1. The van der Waals surface area contributed by atoms with Gasteiger partial charge in [-0.1, -0.05) is 12.8 Å². The molecule has 1 aromatic carbocycles. The van der Waals surface area contributed by atoms with E-state index in [9.17, 15) is 9.18 Å². The first-order valence-corrected chi connectivity index (χ1v) is 11.1. The zero-order chi connectivity index (χ0) is 19.1. The Hall–Kier alpha value is -2.51. The molecule has 0 saturated heterocycles. The van der Waals surface area contributed by atoms with Gasteiger partial charge in [0.2, 0.25) is 0 Å². The summed E-state index contributed by atoms with van der Waals surface area (Å²) >= 11 is 3.04. The van der Waals surface area contributed by atoms with E-state index in [0.29, 0.717) is 16.9 Å². The Morgan fingerprint density at radius 3 is 2.71 bits per heavy atom. The number of amides is 1. The average Bonchev–Trinajstić information content (AvgIpc) is 3.46. The third kappa shape index (κ3) is 3.14. The van der Waals surface area contributed by atoms with E-state index in [1.54, 1.807) is 23.5 Å². The maximum atomic E-state index is 13.1. The van der Waals surface area contributed by atoms with E-state index in [1.807, 2.05) is 11.4 Å². The molecule has 4 aromatic rings. The summed E-state index contributed by atoms with van der Waals surface area (Å²) in [7, 11) is 0. The summed E-state index contributed by atoms with van der Waals surface area (Å²) in [5.74, 6) is -0.407. The van der Waals surface area contributed by atoms with Gasteiger partial charge in [0.15, 0.2) is 5.13 Å². The number of nitrogens with zero attached hydrogens (tertiary/aromatic N) is 2. The van der Waals surface area contributed by atoms with Crippen LogP contribution in [-0.2, 0) is 0 Å². The summed E-state index contributed by atoms with van der Waals surface area (Å²) in [5.41, 5.74) is 3.40. The molecule has 0 unspecified atom stereocenters. The molecule has 28 heavy (non-hydrogen) atoms. The highest BCUT2D eigenvalue weighted by molar-refractivity contribution is 7.17. The Balaban J connectivity index is 1.42. The maximum Gasteiger partial charge on any atom is 0.274 e. The molecule has 1 aliphatic rings. The Morgan fingerprint density at radius 1 is 1.14 bits per heavy atom. The summed E-state index contributed by atoms with van der Waals surface area (Å²) < 4.78 is 16.5. The van der Waals surface area contributed by atoms with E-state index in [-0.39, 0.29) is 11.7 Å². The molecule has 1 N–H and O–H groups in total. The summed E-state index contributed by atoms with van der Waals surface area (Å²) in [6, 6.07) is 10.7. The molecule has 142 valence electrons. The molecule has 7 heteroatoms. The highest BCUT2D eigenvalue weighted by Crippen LogP contribution is 2.37. The van der Waals surface area contributed by atoms with Gasteiger partial charge in [0.25, 0.3) is 5.91 Å². The van der Waals surface area contributed by atoms with Gasteiger partial charge in [-0.3, -0.25) is 10.1 Å². The number of hydrogen-bond acceptors (Lipinski definition) is 4. The fourth-order valence-electron chi connectivity index (χ4n) is 3.92. The van der Waals surface area contributed by atoms with Gasteiger partial charge in [-0.05, 0) is 54.6 Å². The average molecular weight is 412 g/mol. The normalized spacial score (nSPS) is 14.8. The fourth-order valence-corrected chi connectivity index (χ4v) is 5.45. The number of halogens is 1. The SMILES string of the molecule is O=C(Nc1nc(-c2ccc(F)cc2)cs1)c1cc2sccc2n1C1CCCC1. The first kappa shape index (κ1) is 17.6. The smallest absolute Gasteiger partial charge is 0.274 e.